The molecule has 0 bridgehead atoms. The number of halogens is 1. The Hall–Kier alpha value is -2.46. The van der Waals surface area contributed by atoms with Crippen molar-refractivity contribution in [1.29, 1.82) is 0 Å². The Morgan fingerprint density at radius 3 is 2.59 bits per heavy atom. The average molecular weight is 313 g/mol. The Labute approximate surface area is 130 Å². The van der Waals surface area contributed by atoms with Crippen molar-refractivity contribution in [3.8, 4) is 11.3 Å². The number of hydrogen-bond acceptors (Lipinski definition) is 2. The van der Waals surface area contributed by atoms with Gasteiger partial charge in [-0.15, -0.1) is 0 Å². The normalized spacial score (nSPS) is 11.6. The first-order chi connectivity index (χ1) is 10.5. The van der Waals surface area contributed by atoms with Gasteiger partial charge in [0.2, 0.25) is 0 Å². The van der Waals surface area contributed by atoms with Crippen LogP contribution in [0.3, 0.4) is 0 Å². The maximum Gasteiger partial charge on any atom is 0.252 e. The number of aromatic amines is 2. The first-order valence-electron chi connectivity index (χ1n) is 6.95. The Morgan fingerprint density at radius 1 is 1.05 bits per heavy atom. The first-order valence-corrected chi connectivity index (χ1v) is 7.33. The van der Waals surface area contributed by atoms with Crippen molar-refractivity contribution in [3.63, 3.8) is 0 Å². The molecule has 1 aromatic carbocycles. The molecule has 0 fully saturated rings. The number of aromatic nitrogens is 2. The smallest absolute Gasteiger partial charge is 0.252 e. The summed E-state index contributed by atoms with van der Waals surface area (Å²) >= 11 is 6.08. The molecule has 0 atom stereocenters. The summed E-state index contributed by atoms with van der Waals surface area (Å²) in [7, 11) is 0. The van der Waals surface area contributed by atoms with Crippen molar-refractivity contribution >= 4 is 33.5 Å². The quantitative estimate of drug-likeness (QED) is 0.542. The number of benzene rings is 1. The van der Waals surface area contributed by atoms with Gasteiger partial charge in [-0.3, -0.25) is 4.79 Å². The summed E-state index contributed by atoms with van der Waals surface area (Å²) < 4.78 is 5.73. The number of pyridine rings is 1. The van der Waals surface area contributed by atoms with E-state index in [4.69, 9.17) is 16.0 Å². The van der Waals surface area contributed by atoms with E-state index in [1.54, 1.807) is 6.92 Å². The molecule has 0 amide bonds. The van der Waals surface area contributed by atoms with Gasteiger partial charge in [0.1, 0.15) is 11.5 Å². The van der Waals surface area contributed by atoms with Crippen LogP contribution >= 0.6 is 11.6 Å². The van der Waals surface area contributed by atoms with Crippen LogP contribution in [0.5, 0.6) is 0 Å². The molecule has 110 valence electrons. The highest BCUT2D eigenvalue weighted by Crippen LogP contribution is 2.34. The molecule has 3 aromatic heterocycles. The molecular formula is C17H13ClN2O2. The molecule has 22 heavy (non-hydrogen) atoms. The lowest BCUT2D eigenvalue weighted by atomic mass is 10.1. The third-order valence-corrected chi connectivity index (χ3v) is 4.19. The summed E-state index contributed by atoms with van der Waals surface area (Å²) in [5, 5.41) is 1.52. The van der Waals surface area contributed by atoms with E-state index < -0.39 is 0 Å². The van der Waals surface area contributed by atoms with Crippen LogP contribution in [0, 0.1) is 13.8 Å². The van der Waals surface area contributed by atoms with Crippen molar-refractivity contribution < 1.29 is 4.42 Å². The van der Waals surface area contributed by atoms with Gasteiger partial charge in [0.15, 0.2) is 0 Å². The van der Waals surface area contributed by atoms with E-state index >= 15 is 0 Å². The first kappa shape index (κ1) is 13.2. The van der Waals surface area contributed by atoms with Gasteiger partial charge >= 0.3 is 0 Å². The number of hydrogen-bond donors (Lipinski definition) is 2. The minimum absolute atomic E-state index is 0.127. The number of H-pyrrole nitrogens is 2. The monoisotopic (exact) mass is 312 g/mol. The van der Waals surface area contributed by atoms with Gasteiger partial charge in [-0.2, -0.15) is 0 Å². The van der Waals surface area contributed by atoms with Gasteiger partial charge in [-0.05, 0) is 44.2 Å². The maximum absolute atomic E-state index is 12.3. The molecule has 4 rings (SSSR count). The van der Waals surface area contributed by atoms with E-state index in [2.05, 4.69) is 9.97 Å². The largest absolute Gasteiger partial charge is 0.461 e. The van der Waals surface area contributed by atoms with Gasteiger partial charge in [0.05, 0.1) is 16.6 Å². The standard InChI is InChI=1S/C17H13ClN2O2/c1-8-3-6-13(22-8)14-9(2)17(21)20-15-11-7-10(18)4-5-12(11)19-16(14)15/h3-7,19H,1-2H3,(H,20,21). The molecule has 0 aliphatic rings. The van der Waals surface area contributed by atoms with Crippen molar-refractivity contribution in [3.05, 3.63) is 57.0 Å². The van der Waals surface area contributed by atoms with Crippen LogP contribution in [-0.2, 0) is 0 Å². The van der Waals surface area contributed by atoms with Gasteiger partial charge in [-0.1, -0.05) is 11.6 Å². The molecule has 0 saturated heterocycles. The van der Waals surface area contributed by atoms with Crippen LogP contribution < -0.4 is 5.56 Å². The highest BCUT2D eigenvalue weighted by molar-refractivity contribution is 6.31. The van der Waals surface area contributed by atoms with Crippen LogP contribution in [-0.4, -0.2) is 9.97 Å². The highest BCUT2D eigenvalue weighted by atomic mass is 35.5. The zero-order chi connectivity index (χ0) is 15.4. The second-order valence-corrected chi connectivity index (χ2v) is 5.87. The fourth-order valence-electron chi connectivity index (χ4n) is 2.87. The van der Waals surface area contributed by atoms with Gasteiger partial charge in [0, 0.05) is 21.5 Å². The summed E-state index contributed by atoms with van der Waals surface area (Å²) in [5.74, 6) is 1.49. The number of fused-ring (bicyclic) bond motifs is 3. The number of nitrogens with one attached hydrogen (secondary N) is 2. The van der Waals surface area contributed by atoms with Crippen molar-refractivity contribution in [2.24, 2.45) is 0 Å². The predicted octanol–water partition coefficient (Wildman–Crippen LogP) is 4.54. The lowest BCUT2D eigenvalue weighted by Crippen LogP contribution is -2.10. The molecule has 0 saturated carbocycles. The van der Waals surface area contributed by atoms with Crippen molar-refractivity contribution in [2.45, 2.75) is 13.8 Å². The lowest BCUT2D eigenvalue weighted by Gasteiger charge is -2.04. The van der Waals surface area contributed by atoms with Crippen molar-refractivity contribution in [1.82, 2.24) is 9.97 Å². The molecule has 0 unspecified atom stereocenters. The second kappa shape index (κ2) is 4.52. The van der Waals surface area contributed by atoms with Crippen LogP contribution in [0.4, 0.5) is 0 Å². The molecule has 0 radical (unpaired) electrons. The van der Waals surface area contributed by atoms with Gasteiger partial charge < -0.3 is 14.4 Å². The molecule has 3 heterocycles. The third kappa shape index (κ3) is 1.81. The number of rotatable bonds is 1. The molecular weight excluding hydrogens is 300 g/mol. The predicted molar refractivity (Wildman–Crippen MR) is 88.6 cm³/mol. The Balaban J connectivity index is 2.21. The van der Waals surface area contributed by atoms with Crippen LogP contribution in [0.25, 0.3) is 33.3 Å². The van der Waals surface area contributed by atoms with E-state index in [9.17, 15) is 4.79 Å². The highest BCUT2D eigenvalue weighted by Gasteiger charge is 2.17. The zero-order valence-corrected chi connectivity index (χ0v) is 12.8. The Bertz CT molecular complexity index is 1090. The molecule has 5 heteroatoms. The molecule has 2 N–H and O–H groups in total. The summed E-state index contributed by atoms with van der Waals surface area (Å²) in [6, 6.07) is 9.35. The van der Waals surface area contributed by atoms with Gasteiger partial charge in [-0.25, -0.2) is 0 Å². The summed E-state index contributed by atoms with van der Waals surface area (Å²) in [6.07, 6.45) is 0. The molecule has 0 spiro atoms. The Kier molecular flexibility index (Phi) is 2.71. The van der Waals surface area contributed by atoms with Crippen LogP contribution in [0.15, 0.2) is 39.5 Å². The number of furan rings is 1. The van der Waals surface area contributed by atoms with E-state index in [0.29, 0.717) is 16.3 Å². The van der Waals surface area contributed by atoms with Gasteiger partial charge in [0.25, 0.3) is 5.56 Å². The molecule has 0 aliphatic heterocycles. The van der Waals surface area contributed by atoms with E-state index in [1.165, 1.54) is 0 Å². The molecule has 0 aliphatic carbocycles. The third-order valence-electron chi connectivity index (χ3n) is 3.95. The maximum atomic E-state index is 12.3. The van der Waals surface area contributed by atoms with E-state index in [1.807, 2.05) is 37.3 Å². The minimum Gasteiger partial charge on any atom is -0.461 e. The average Bonchev–Trinajstić information content (AvgIpc) is 3.04. The van der Waals surface area contributed by atoms with E-state index in [-0.39, 0.29) is 5.56 Å². The molecule has 4 aromatic rings. The molecule has 4 nitrogen and oxygen atoms in total. The van der Waals surface area contributed by atoms with Crippen LogP contribution in [0.1, 0.15) is 11.3 Å². The fraction of sp³-hybridized carbons (Fsp3) is 0.118. The van der Waals surface area contributed by atoms with Crippen molar-refractivity contribution in [2.75, 3.05) is 0 Å². The summed E-state index contributed by atoms with van der Waals surface area (Å²) in [4.78, 5) is 18.6. The minimum atomic E-state index is -0.127. The SMILES string of the molecule is Cc1ccc(-c2c(C)c(=O)[nH]c3c2[nH]c2ccc(Cl)cc23)o1. The Morgan fingerprint density at radius 2 is 1.86 bits per heavy atom. The second-order valence-electron chi connectivity index (χ2n) is 5.43. The van der Waals surface area contributed by atoms with Crippen LogP contribution in [0.2, 0.25) is 5.02 Å². The lowest BCUT2D eigenvalue weighted by molar-refractivity contribution is 0.548. The van der Waals surface area contributed by atoms with E-state index in [0.717, 1.165) is 33.3 Å². The topological polar surface area (TPSA) is 61.8 Å². The summed E-state index contributed by atoms with van der Waals surface area (Å²) in [6.45, 7) is 3.68. The fourth-order valence-corrected chi connectivity index (χ4v) is 3.04. The summed E-state index contributed by atoms with van der Waals surface area (Å²) in [5.41, 5.74) is 3.81. The number of aryl methyl sites for hydroxylation is 1. The zero-order valence-electron chi connectivity index (χ0n) is 12.1.